The molecular weight excluding hydrogens is 366 g/mol. The average Bonchev–Trinajstić information content (AvgIpc) is 2.71. The molecule has 1 aromatic carbocycles. The minimum Gasteiger partial charge on any atom is -0.354 e. The van der Waals surface area contributed by atoms with Gasteiger partial charge in [0.25, 0.3) is 5.91 Å². The molecule has 0 atom stereocenters. The summed E-state index contributed by atoms with van der Waals surface area (Å²) in [5, 5.41) is 5.49. The van der Waals surface area contributed by atoms with Crippen molar-refractivity contribution in [1.82, 2.24) is 20.5 Å². The van der Waals surface area contributed by atoms with Gasteiger partial charge < -0.3 is 20.4 Å². The number of amides is 2. The van der Waals surface area contributed by atoms with Gasteiger partial charge in [0.15, 0.2) is 0 Å². The third-order valence-corrected chi connectivity index (χ3v) is 5.02. The number of aryl methyl sites for hydroxylation is 2. The number of pyridine rings is 1. The zero-order chi connectivity index (χ0) is 20.8. The molecule has 2 aromatic rings. The number of nitrogens with one attached hydrogen (secondary N) is 2. The van der Waals surface area contributed by atoms with Crippen LogP contribution in [-0.4, -0.2) is 61.5 Å². The molecule has 1 fully saturated rings. The number of aromatic nitrogens is 1. The SMILES string of the molecule is Cc1cc(C)cc(C(=O)NCC(=O)NCc2ccc(N3CCN(C)CC3)nc2)c1. The molecule has 1 saturated heterocycles. The Kier molecular flexibility index (Phi) is 6.82. The maximum Gasteiger partial charge on any atom is 0.251 e. The van der Waals surface area contributed by atoms with Crippen molar-refractivity contribution in [1.29, 1.82) is 0 Å². The fourth-order valence-electron chi connectivity index (χ4n) is 3.38. The molecule has 1 aromatic heterocycles. The van der Waals surface area contributed by atoms with E-state index < -0.39 is 0 Å². The van der Waals surface area contributed by atoms with Gasteiger partial charge in [-0.3, -0.25) is 9.59 Å². The number of carbonyl (C=O) groups excluding carboxylic acids is 2. The van der Waals surface area contributed by atoms with E-state index in [4.69, 9.17) is 0 Å². The molecular formula is C22H29N5O2. The predicted octanol–water partition coefficient (Wildman–Crippen LogP) is 1.50. The van der Waals surface area contributed by atoms with E-state index in [2.05, 4.69) is 32.5 Å². The number of hydrogen-bond donors (Lipinski definition) is 2. The van der Waals surface area contributed by atoms with Crippen molar-refractivity contribution < 1.29 is 9.59 Å². The Morgan fingerprint density at radius 3 is 2.31 bits per heavy atom. The van der Waals surface area contributed by atoms with Crippen LogP contribution in [0.1, 0.15) is 27.0 Å². The lowest BCUT2D eigenvalue weighted by molar-refractivity contribution is -0.120. The van der Waals surface area contributed by atoms with Gasteiger partial charge in [0.1, 0.15) is 5.82 Å². The molecule has 0 bridgehead atoms. The molecule has 7 nitrogen and oxygen atoms in total. The number of rotatable bonds is 6. The summed E-state index contributed by atoms with van der Waals surface area (Å²) < 4.78 is 0. The van der Waals surface area contributed by atoms with Crippen LogP contribution >= 0.6 is 0 Å². The Morgan fingerprint density at radius 2 is 1.69 bits per heavy atom. The van der Waals surface area contributed by atoms with Crippen LogP contribution in [0.5, 0.6) is 0 Å². The number of benzene rings is 1. The molecule has 2 amide bonds. The smallest absolute Gasteiger partial charge is 0.251 e. The zero-order valence-electron chi connectivity index (χ0n) is 17.4. The van der Waals surface area contributed by atoms with Crippen molar-refractivity contribution in [2.45, 2.75) is 20.4 Å². The van der Waals surface area contributed by atoms with E-state index in [1.54, 1.807) is 6.20 Å². The van der Waals surface area contributed by atoms with E-state index in [1.807, 2.05) is 44.2 Å². The van der Waals surface area contributed by atoms with Gasteiger partial charge in [-0.05, 0) is 44.7 Å². The highest BCUT2D eigenvalue weighted by Crippen LogP contribution is 2.13. The number of piperazine rings is 1. The van der Waals surface area contributed by atoms with Crippen molar-refractivity contribution >= 4 is 17.6 Å². The minimum absolute atomic E-state index is 0.0569. The van der Waals surface area contributed by atoms with E-state index in [-0.39, 0.29) is 18.4 Å². The highest BCUT2D eigenvalue weighted by Gasteiger charge is 2.15. The second kappa shape index (κ2) is 9.52. The van der Waals surface area contributed by atoms with E-state index in [1.165, 1.54) is 0 Å². The predicted molar refractivity (Wildman–Crippen MR) is 114 cm³/mol. The molecule has 1 aliphatic heterocycles. The minimum atomic E-state index is -0.245. The van der Waals surface area contributed by atoms with Crippen LogP contribution in [0.25, 0.3) is 0 Å². The number of hydrogen-bond acceptors (Lipinski definition) is 5. The number of anilines is 1. The lowest BCUT2D eigenvalue weighted by Gasteiger charge is -2.33. The third-order valence-electron chi connectivity index (χ3n) is 5.02. The van der Waals surface area contributed by atoms with Gasteiger partial charge in [0, 0.05) is 44.5 Å². The first-order valence-corrected chi connectivity index (χ1v) is 9.92. The maximum absolute atomic E-state index is 12.2. The van der Waals surface area contributed by atoms with Crippen LogP contribution in [0.4, 0.5) is 5.82 Å². The first-order chi connectivity index (χ1) is 13.9. The molecule has 0 saturated carbocycles. The quantitative estimate of drug-likeness (QED) is 0.775. The van der Waals surface area contributed by atoms with E-state index >= 15 is 0 Å². The molecule has 154 valence electrons. The number of nitrogens with zero attached hydrogens (tertiary/aromatic N) is 3. The molecule has 2 N–H and O–H groups in total. The first kappa shape index (κ1) is 20.8. The van der Waals surface area contributed by atoms with Crippen LogP contribution in [-0.2, 0) is 11.3 Å². The highest BCUT2D eigenvalue weighted by molar-refractivity contribution is 5.96. The molecule has 29 heavy (non-hydrogen) atoms. The topological polar surface area (TPSA) is 77.6 Å². The Balaban J connectivity index is 1.43. The van der Waals surface area contributed by atoms with Crippen LogP contribution in [0.2, 0.25) is 0 Å². The highest BCUT2D eigenvalue weighted by atomic mass is 16.2. The molecule has 2 heterocycles. The summed E-state index contributed by atoms with van der Waals surface area (Å²) in [5.74, 6) is 0.491. The van der Waals surface area contributed by atoms with E-state index in [9.17, 15) is 9.59 Å². The van der Waals surface area contributed by atoms with Gasteiger partial charge >= 0.3 is 0 Å². The fraction of sp³-hybridized carbons (Fsp3) is 0.409. The summed E-state index contributed by atoms with van der Waals surface area (Å²) in [4.78, 5) is 33.4. The summed E-state index contributed by atoms with van der Waals surface area (Å²) in [6.45, 7) is 8.23. The number of likely N-dealkylation sites (N-methyl/N-ethyl adjacent to an activating group) is 1. The van der Waals surface area contributed by atoms with Crippen LogP contribution in [0.3, 0.4) is 0 Å². The van der Waals surface area contributed by atoms with E-state index in [0.29, 0.717) is 12.1 Å². The van der Waals surface area contributed by atoms with Gasteiger partial charge in [-0.1, -0.05) is 23.3 Å². The summed E-state index contributed by atoms with van der Waals surface area (Å²) in [6.07, 6.45) is 1.79. The van der Waals surface area contributed by atoms with Gasteiger partial charge in [0.2, 0.25) is 5.91 Å². The summed E-state index contributed by atoms with van der Waals surface area (Å²) in [7, 11) is 2.13. The Bertz CT molecular complexity index is 838. The second-order valence-electron chi connectivity index (χ2n) is 7.65. The Labute approximate surface area is 172 Å². The van der Waals surface area contributed by atoms with Gasteiger partial charge in [-0.2, -0.15) is 0 Å². The average molecular weight is 396 g/mol. The summed E-state index contributed by atoms with van der Waals surface area (Å²) in [6, 6.07) is 9.61. The summed E-state index contributed by atoms with van der Waals surface area (Å²) in [5.41, 5.74) is 3.54. The Morgan fingerprint density at radius 1 is 1.00 bits per heavy atom. The molecule has 1 aliphatic rings. The lowest BCUT2D eigenvalue weighted by atomic mass is 10.1. The standard InChI is InChI=1S/C22H29N5O2/c1-16-10-17(2)12-19(11-16)22(29)25-15-21(28)24-14-18-4-5-20(23-13-18)27-8-6-26(3)7-9-27/h4-5,10-13H,6-9,14-15H2,1-3H3,(H,24,28)(H,25,29). The maximum atomic E-state index is 12.2. The lowest BCUT2D eigenvalue weighted by Crippen LogP contribution is -2.44. The third kappa shape index (κ3) is 6.02. The first-order valence-electron chi connectivity index (χ1n) is 9.92. The van der Waals surface area contributed by atoms with Crippen LogP contribution < -0.4 is 15.5 Å². The van der Waals surface area contributed by atoms with Crippen molar-refractivity contribution in [3.8, 4) is 0 Å². The zero-order valence-corrected chi connectivity index (χ0v) is 17.4. The molecule has 3 rings (SSSR count). The van der Waals surface area contributed by atoms with Gasteiger partial charge in [-0.25, -0.2) is 4.98 Å². The van der Waals surface area contributed by atoms with Crippen molar-refractivity contribution in [2.75, 3.05) is 44.7 Å². The van der Waals surface area contributed by atoms with Crippen molar-refractivity contribution in [3.05, 3.63) is 58.8 Å². The largest absolute Gasteiger partial charge is 0.354 e. The molecule has 0 unspecified atom stereocenters. The van der Waals surface area contributed by atoms with Crippen LogP contribution in [0, 0.1) is 13.8 Å². The molecule has 7 heteroatoms. The monoisotopic (exact) mass is 395 g/mol. The van der Waals surface area contributed by atoms with Gasteiger partial charge in [0.05, 0.1) is 6.54 Å². The molecule has 0 radical (unpaired) electrons. The number of carbonyl (C=O) groups is 2. The second-order valence-corrected chi connectivity index (χ2v) is 7.65. The van der Waals surface area contributed by atoms with Crippen molar-refractivity contribution in [3.63, 3.8) is 0 Å². The molecule has 0 spiro atoms. The Hall–Kier alpha value is -2.93. The fourth-order valence-corrected chi connectivity index (χ4v) is 3.38. The van der Waals surface area contributed by atoms with E-state index in [0.717, 1.165) is 48.7 Å². The van der Waals surface area contributed by atoms with Crippen LogP contribution in [0.15, 0.2) is 36.5 Å². The van der Waals surface area contributed by atoms with Crippen molar-refractivity contribution in [2.24, 2.45) is 0 Å². The summed E-state index contributed by atoms with van der Waals surface area (Å²) >= 11 is 0. The van der Waals surface area contributed by atoms with Gasteiger partial charge in [-0.15, -0.1) is 0 Å². The molecule has 0 aliphatic carbocycles. The normalized spacial score (nSPS) is 14.5.